The molecule has 1 aromatic rings. The Kier molecular flexibility index (Phi) is 5.11. The number of rotatable bonds is 6. The molecule has 0 aliphatic rings. The van der Waals surface area contributed by atoms with Gasteiger partial charge in [0.1, 0.15) is 0 Å². The molecular weight excluding hydrogens is 194 g/mol. The predicted octanol–water partition coefficient (Wildman–Crippen LogP) is 1.07. The minimum Gasteiger partial charge on any atom is -0.309 e. The Morgan fingerprint density at radius 3 is 2.86 bits per heavy atom. The molecule has 3 nitrogen and oxygen atoms in total. The molecule has 14 heavy (non-hydrogen) atoms. The van der Waals surface area contributed by atoms with Gasteiger partial charge >= 0.3 is 0 Å². The maximum absolute atomic E-state index is 5.51. The lowest BCUT2D eigenvalue weighted by molar-refractivity contribution is 0.359. The van der Waals surface area contributed by atoms with Crippen LogP contribution in [0.2, 0.25) is 0 Å². The van der Waals surface area contributed by atoms with Crippen LogP contribution >= 0.6 is 11.3 Å². The summed E-state index contributed by atoms with van der Waals surface area (Å²) in [6.45, 7) is 1.07. The summed E-state index contributed by atoms with van der Waals surface area (Å²) in [5.41, 5.74) is 2.88. The van der Waals surface area contributed by atoms with Crippen LogP contribution in [0.25, 0.3) is 0 Å². The molecule has 1 heterocycles. The number of hydrogen-bond donors (Lipinski definition) is 2. The van der Waals surface area contributed by atoms with Crippen LogP contribution in [0.5, 0.6) is 0 Å². The Hall–Kier alpha value is -0.420. The molecule has 0 aliphatic carbocycles. The smallest absolute Gasteiger partial charge is 0.0270 e. The molecule has 1 rings (SSSR count). The summed E-state index contributed by atoms with van der Waals surface area (Å²) in [5, 5.41) is 2.11. The van der Waals surface area contributed by atoms with Crippen molar-refractivity contribution in [3.05, 3.63) is 22.4 Å². The third-order valence-electron chi connectivity index (χ3n) is 2.19. The second-order valence-corrected chi connectivity index (χ2v) is 4.77. The Bertz CT molecular complexity index is 234. The van der Waals surface area contributed by atoms with Crippen LogP contribution in [0, 0.1) is 0 Å². The monoisotopic (exact) mass is 213 g/mol. The van der Waals surface area contributed by atoms with Gasteiger partial charge in [0.05, 0.1) is 0 Å². The number of nitrogens with one attached hydrogen (secondary N) is 1. The molecule has 1 atom stereocenters. The Morgan fingerprint density at radius 1 is 1.57 bits per heavy atom. The molecule has 0 radical (unpaired) electrons. The molecule has 0 fully saturated rings. The lowest BCUT2D eigenvalue weighted by Crippen LogP contribution is -2.38. The third-order valence-corrected chi connectivity index (χ3v) is 3.09. The standard InChI is InChI=1S/C10H19N3S/c1-13(2)6-5-9(12-11)8-10-4-3-7-14-10/h3-4,7,9,12H,5-6,8,11H2,1-2H3. The third kappa shape index (κ3) is 4.19. The van der Waals surface area contributed by atoms with E-state index in [9.17, 15) is 0 Å². The van der Waals surface area contributed by atoms with Crippen molar-refractivity contribution in [2.75, 3.05) is 20.6 Å². The number of nitrogens with zero attached hydrogens (tertiary/aromatic N) is 1. The lowest BCUT2D eigenvalue weighted by atomic mass is 10.1. The first kappa shape index (κ1) is 11.7. The van der Waals surface area contributed by atoms with Gasteiger partial charge in [-0.25, -0.2) is 0 Å². The minimum absolute atomic E-state index is 0.385. The molecule has 0 aliphatic heterocycles. The van der Waals surface area contributed by atoms with Gasteiger partial charge in [-0.3, -0.25) is 11.3 Å². The van der Waals surface area contributed by atoms with Gasteiger partial charge in [-0.2, -0.15) is 0 Å². The highest BCUT2D eigenvalue weighted by Crippen LogP contribution is 2.12. The highest BCUT2D eigenvalue weighted by atomic mass is 32.1. The topological polar surface area (TPSA) is 41.3 Å². The maximum Gasteiger partial charge on any atom is 0.0270 e. The van der Waals surface area contributed by atoms with E-state index in [1.807, 2.05) is 0 Å². The lowest BCUT2D eigenvalue weighted by Gasteiger charge is -2.17. The first-order valence-electron chi connectivity index (χ1n) is 4.85. The van der Waals surface area contributed by atoms with Crippen LogP contribution in [0.15, 0.2) is 17.5 Å². The van der Waals surface area contributed by atoms with E-state index in [0.29, 0.717) is 6.04 Å². The quantitative estimate of drug-likeness (QED) is 0.549. The van der Waals surface area contributed by atoms with E-state index in [1.54, 1.807) is 11.3 Å². The fraction of sp³-hybridized carbons (Fsp3) is 0.600. The van der Waals surface area contributed by atoms with Gasteiger partial charge < -0.3 is 4.90 Å². The Morgan fingerprint density at radius 2 is 2.36 bits per heavy atom. The molecule has 0 saturated heterocycles. The predicted molar refractivity (Wildman–Crippen MR) is 62.3 cm³/mol. The highest BCUT2D eigenvalue weighted by Gasteiger charge is 2.08. The van der Waals surface area contributed by atoms with Crippen LogP contribution in [-0.2, 0) is 6.42 Å². The van der Waals surface area contributed by atoms with Gasteiger partial charge in [0.15, 0.2) is 0 Å². The van der Waals surface area contributed by atoms with Gasteiger partial charge in [-0.05, 0) is 44.9 Å². The van der Waals surface area contributed by atoms with Crippen molar-refractivity contribution in [1.82, 2.24) is 10.3 Å². The van der Waals surface area contributed by atoms with Crippen LogP contribution in [0.3, 0.4) is 0 Å². The summed E-state index contributed by atoms with van der Waals surface area (Å²) in [6, 6.07) is 4.63. The summed E-state index contributed by atoms with van der Waals surface area (Å²) in [7, 11) is 4.16. The van der Waals surface area contributed by atoms with Crippen molar-refractivity contribution >= 4 is 11.3 Å². The van der Waals surface area contributed by atoms with E-state index in [4.69, 9.17) is 5.84 Å². The largest absolute Gasteiger partial charge is 0.309 e. The Labute approximate surface area is 89.9 Å². The minimum atomic E-state index is 0.385. The van der Waals surface area contributed by atoms with Crippen molar-refractivity contribution in [1.29, 1.82) is 0 Å². The molecular formula is C10H19N3S. The molecule has 1 unspecified atom stereocenters. The van der Waals surface area contributed by atoms with Crippen molar-refractivity contribution < 1.29 is 0 Å². The summed E-state index contributed by atoms with van der Waals surface area (Å²) < 4.78 is 0. The Balaban J connectivity index is 2.32. The number of hydrogen-bond acceptors (Lipinski definition) is 4. The van der Waals surface area contributed by atoms with E-state index in [0.717, 1.165) is 19.4 Å². The van der Waals surface area contributed by atoms with Gasteiger partial charge in [0.2, 0.25) is 0 Å². The van der Waals surface area contributed by atoms with Crippen molar-refractivity contribution in [3.8, 4) is 0 Å². The van der Waals surface area contributed by atoms with E-state index >= 15 is 0 Å². The molecule has 0 spiro atoms. The van der Waals surface area contributed by atoms with Crippen LogP contribution in [-0.4, -0.2) is 31.6 Å². The summed E-state index contributed by atoms with van der Waals surface area (Å²) in [5.74, 6) is 5.51. The second-order valence-electron chi connectivity index (χ2n) is 3.74. The second kappa shape index (κ2) is 6.14. The van der Waals surface area contributed by atoms with Gasteiger partial charge in [0, 0.05) is 10.9 Å². The fourth-order valence-corrected chi connectivity index (χ4v) is 2.12. The zero-order valence-electron chi connectivity index (χ0n) is 8.86. The number of thiophene rings is 1. The zero-order chi connectivity index (χ0) is 10.4. The van der Waals surface area contributed by atoms with Crippen molar-refractivity contribution in [2.45, 2.75) is 18.9 Å². The molecule has 0 bridgehead atoms. The highest BCUT2D eigenvalue weighted by molar-refractivity contribution is 7.09. The number of nitrogens with two attached hydrogens (primary N) is 1. The van der Waals surface area contributed by atoms with E-state index in [1.165, 1.54) is 4.88 Å². The summed E-state index contributed by atoms with van der Waals surface area (Å²) in [6.07, 6.45) is 2.11. The molecule has 0 amide bonds. The fourth-order valence-electron chi connectivity index (χ4n) is 1.33. The summed E-state index contributed by atoms with van der Waals surface area (Å²) in [4.78, 5) is 3.57. The van der Waals surface area contributed by atoms with Crippen LogP contribution in [0.1, 0.15) is 11.3 Å². The maximum atomic E-state index is 5.51. The van der Waals surface area contributed by atoms with E-state index in [2.05, 4.69) is 41.9 Å². The first-order chi connectivity index (χ1) is 6.72. The molecule has 0 saturated carbocycles. The normalized spacial score (nSPS) is 13.4. The van der Waals surface area contributed by atoms with E-state index in [-0.39, 0.29) is 0 Å². The molecule has 1 aromatic heterocycles. The van der Waals surface area contributed by atoms with Crippen molar-refractivity contribution in [3.63, 3.8) is 0 Å². The first-order valence-corrected chi connectivity index (χ1v) is 5.73. The summed E-state index contributed by atoms with van der Waals surface area (Å²) >= 11 is 1.79. The average Bonchev–Trinajstić information content (AvgIpc) is 2.64. The molecule has 3 N–H and O–H groups in total. The molecule has 4 heteroatoms. The van der Waals surface area contributed by atoms with Gasteiger partial charge in [-0.15, -0.1) is 11.3 Å². The molecule has 80 valence electrons. The van der Waals surface area contributed by atoms with E-state index < -0.39 is 0 Å². The average molecular weight is 213 g/mol. The van der Waals surface area contributed by atoms with Gasteiger partial charge in [-0.1, -0.05) is 6.07 Å². The van der Waals surface area contributed by atoms with Gasteiger partial charge in [0.25, 0.3) is 0 Å². The zero-order valence-corrected chi connectivity index (χ0v) is 9.68. The van der Waals surface area contributed by atoms with Crippen molar-refractivity contribution in [2.24, 2.45) is 5.84 Å². The SMILES string of the molecule is CN(C)CCC(Cc1cccs1)NN. The number of hydrazine groups is 1. The van der Waals surface area contributed by atoms with Crippen LogP contribution in [0.4, 0.5) is 0 Å². The van der Waals surface area contributed by atoms with Crippen LogP contribution < -0.4 is 11.3 Å². The molecule has 0 aromatic carbocycles.